The topological polar surface area (TPSA) is 58.6 Å². The Balaban J connectivity index is 1.45. The Morgan fingerprint density at radius 2 is 1.66 bits per heavy atom. The van der Waals surface area contributed by atoms with E-state index < -0.39 is 0 Å². The number of rotatable bonds is 10. The fourth-order valence-corrected chi connectivity index (χ4v) is 4.17. The Kier molecular flexibility index (Phi) is 8.47. The summed E-state index contributed by atoms with van der Waals surface area (Å²) >= 11 is 0. The summed E-state index contributed by atoms with van der Waals surface area (Å²) in [5.41, 5.74) is 5.87. The quantitative estimate of drug-likeness (QED) is 0.385. The first kappa shape index (κ1) is 24.4. The van der Waals surface area contributed by atoms with Crippen molar-refractivity contribution in [1.82, 2.24) is 5.32 Å². The molecular weight excluding hydrogens is 436 g/mol. The second kappa shape index (κ2) is 12.1. The second-order valence-corrected chi connectivity index (χ2v) is 8.69. The molecule has 0 spiro atoms. The highest BCUT2D eigenvalue weighted by molar-refractivity contribution is 5.96. The minimum Gasteiger partial charge on any atom is -0.457 e. The summed E-state index contributed by atoms with van der Waals surface area (Å²) in [6, 6.07) is 25.1. The maximum absolute atomic E-state index is 13.0. The standard InChI is InChI=1S/C30H32N2O3/c1-2-31-20-29(33)32(21-23-12-14-26(15-13-23)25-10-6-7-11-25)28-18-16-27(17-19-28)30(34)35-22-24-8-4-3-5-9-24/h3-5,8-10,12-19,31H,2,6-7,11,20-22H2,1H3. The van der Waals surface area contributed by atoms with Gasteiger partial charge in [-0.05, 0) is 72.3 Å². The van der Waals surface area contributed by atoms with Crippen LogP contribution >= 0.6 is 0 Å². The number of ether oxygens (including phenoxy) is 1. The van der Waals surface area contributed by atoms with Gasteiger partial charge in [0, 0.05) is 5.69 Å². The van der Waals surface area contributed by atoms with Gasteiger partial charge in [-0.3, -0.25) is 4.79 Å². The van der Waals surface area contributed by atoms with Gasteiger partial charge in [-0.25, -0.2) is 4.79 Å². The van der Waals surface area contributed by atoms with Gasteiger partial charge in [-0.1, -0.05) is 67.6 Å². The van der Waals surface area contributed by atoms with E-state index in [4.69, 9.17) is 4.74 Å². The van der Waals surface area contributed by atoms with Gasteiger partial charge < -0.3 is 15.0 Å². The normalized spacial score (nSPS) is 12.8. The van der Waals surface area contributed by atoms with E-state index in [-0.39, 0.29) is 25.0 Å². The Labute approximate surface area is 207 Å². The fraction of sp³-hybridized carbons (Fsp3) is 0.267. The first-order chi connectivity index (χ1) is 17.1. The molecule has 0 saturated carbocycles. The molecule has 1 aliphatic rings. The molecule has 0 aliphatic heterocycles. The lowest BCUT2D eigenvalue weighted by molar-refractivity contribution is -0.117. The monoisotopic (exact) mass is 468 g/mol. The number of hydrogen-bond acceptors (Lipinski definition) is 4. The van der Waals surface area contributed by atoms with Crippen LogP contribution in [-0.2, 0) is 22.7 Å². The molecule has 0 unspecified atom stereocenters. The van der Waals surface area contributed by atoms with Crippen LogP contribution < -0.4 is 10.2 Å². The van der Waals surface area contributed by atoms with Gasteiger partial charge in [0.05, 0.1) is 18.7 Å². The van der Waals surface area contributed by atoms with E-state index in [0.717, 1.165) is 36.2 Å². The Hall–Kier alpha value is -3.70. The van der Waals surface area contributed by atoms with Crippen LogP contribution in [0, 0.1) is 0 Å². The molecule has 0 radical (unpaired) electrons. The average Bonchev–Trinajstić information content (AvgIpc) is 3.45. The smallest absolute Gasteiger partial charge is 0.338 e. The summed E-state index contributed by atoms with van der Waals surface area (Å²) < 4.78 is 5.43. The lowest BCUT2D eigenvalue weighted by Crippen LogP contribution is -2.37. The zero-order valence-electron chi connectivity index (χ0n) is 20.2. The van der Waals surface area contributed by atoms with Crippen LogP contribution in [0.4, 0.5) is 5.69 Å². The molecule has 1 aliphatic carbocycles. The zero-order chi connectivity index (χ0) is 24.5. The molecule has 0 bridgehead atoms. The lowest BCUT2D eigenvalue weighted by atomic mass is 10.0. The number of nitrogens with zero attached hydrogens (tertiary/aromatic N) is 1. The molecule has 35 heavy (non-hydrogen) atoms. The molecule has 5 nitrogen and oxygen atoms in total. The van der Waals surface area contributed by atoms with Crippen LogP contribution in [0.5, 0.6) is 0 Å². The van der Waals surface area contributed by atoms with Gasteiger partial charge in [0.1, 0.15) is 6.61 Å². The highest BCUT2D eigenvalue weighted by atomic mass is 16.5. The van der Waals surface area contributed by atoms with Gasteiger partial charge >= 0.3 is 5.97 Å². The summed E-state index contributed by atoms with van der Waals surface area (Å²) in [6.45, 7) is 3.63. The third kappa shape index (κ3) is 6.67. The molecule has 0 atom stereocenters. The van der Waals surface area contributed by atoms with Crippen molar-refractivity contribution in [2.45, 2.75) is 39.3 Å². The maximum atomic E-state index is 13.0. The molecule has 1 amide bonds. The number of nitrogens with one attached hydrogen (secondary N) is 1. The summed E-state index contributed by atoms with van der Waals surface area (Å²) in [5, 5.41) is 3.12. The van der Waals surface area contributed by atoms with E-state index in [1.807, 2.05) is 37.3 Å². The molecule has 180 valence electrons. The van der Waals surface area contributed by atoms with E-state index >= 15 is 0 Å². The molecule has 0 saturated heterocycles. The van der Waals surface area contributed by atoms with E-state index in [0.29, 0.717) is 12.1 Å². The summed E-state index contributed by atoms with van der Waals surface area (Å²) in [4.78, 5) is 27.3. The van der Waals surface area contributed by atoms with Gasteiger partial charge in [0.25, 0.3) is 0 Å². The summed E-state index contributed by atoms with van der Waals surface area (Å²) in [5.74, 6) is -0.406. The summed E-state index contributed by atoms with van der Waals surface area (Å²) in [7, 11) is 0. The van der Waals surface area contributed by atoms with Crippen molar-refractivity contribution in [3.05, 3.63) is 107 Å². The van der Waals surface area contributed by atoms with Gasteiger partial charge in [-0.2, -0.15) is 0 Å². The lowest BCUT2D eigenvalue weighted by Gasteiger charge is -2.24. The van der Waals surface area contributed by atoms with Crippen molar-refractivity contribution in [3.63, 3.8) is 0 Å². The van der Waals surface area contributed by atoms with Crippen LogP contribution in [-0.4, -0.2) is 25.0 Å². The van der Waals surface area contributed by atoms with E-state index in [2.05, 4.69) is 35.7 Å². The van der Waals surface area contributed by atoms with Gasteiger partial charge in [-0.15, -0.1) is 0 Å². The van der Waals surface area contributed by atoms with E-state index in [1.54, 1.807) is 29.2 Å². The summed E-state index contributed by atoms with van der Waals surface area (Å²) in [6.07, 6.45) is 5.82. The Morgan fingerprint density at radius 1 is 0.914 bits per heavy atom. The molecule has 5 heteroatoms. The third-order valence-electron chi connectivity index (χ3n) is 6.16. The predicted molar refractivity (Wildman–Crippen MR) is 140 cm³/mol. The van der Waals surface area contributed by atoms with Crippen LogP contribution in [0.25, 0.3) is 5.57 Å². The van der Waals surface area contributed by atoms with Crippen LogP contribution in [0.15, 0.2) is 84.9 Å². The van der Waals surface area contributed by atoms with Gasteiger partial charge in [0.15, 0.2) is 0 Å². The highest BCUT2D eigenvalue weighted by Gasteiger charge is 2.17. The minimum absolute atomic E-state index is 0.0196. The molecule has 0 aromatic heterocycles. The van der Waals surface area contributed by atoms with E-state index in [9.17, 15) is 9.59 Å². The SMILES string of the molecule is CCNCC(=O)N(Cc1ccc(C2=CCCC2)cc1)c1ccc(C(=O)OCc2ccccc2)cc1. The number of allylic oxidation sites excluding steroid dienone is 2. The molecule has 1 N–H and O–H groups in total. The number of benzene rings is 3. The molecule has 3 aromatic rings. The molecule has 0 fully saturated rings. The molecular formula is C30H32N2O3. The zero-order valence-corrected chi connectivity index (χ0v) is 20.2. The Morgan fingerprint density at radius 3 is 2.31 bits per heavy atom. The van der Waals surface area contributed by atoms with Crippen molar-refractivity contribution in [2.75, 3.05) is 18.0 Å². The van der Waals surface area contributed by atoms with Crippen LogP contribution in [0.1, 0.15) is 53.2 Å². The minimum atomic E-state index is -0.386. The molecule has 0 heterocycles. The second-order valence-electron chi connectivity index (χ2n) is 8.69. The largest absolute Gasteiger partial charge is 0.457 e. The number of esters is 1. The number of amides is 1. The number of hydrogen-bond donors (Lipinski definition) is 1. The van der Waals surface area contributed by atoms with Crippen molar-refractivity contribution in [1.29, 1.82) is 0 Å². The van der Waals surface area contributed by atoms with Crippen molar-refractivity contribution in [3.8, 4) is 0 Å². The van der Waals surface area contributed by atoms with Crippen molar-refractivity contribution < 1.29 is 14.3 Å². The number of anilines is 1. The van der Waals surface area contributed by atoms with Gasteiger partial charge in [0.2, 0.25) is 5.91 Å². The van der Waals surface area contributed by atoms with Crippen molar-refractivity contribution >= 4 is 23.1 Å². The number of carbonyl (C=O) groups excluding carboxylic acids is 2. The van der Waals surface area contributed by atoms with Crippen molar-refractivity contribution in [2.24, 2.45) is 0 Å². The number of carbonyl (C=O) groups is 2. The third-order valence-corrected chi connectivity index (χ3v) is 6.16. The predicted octanol–water partition coefficient (Wildman–Crippen LogP) is 5.75. The maximum Gasteiger partial charge on any atom is 0.338 e. The van der Waals surface area contributed by atoms with Crippen LogP contribution in [0.3, 0.4) is 0 Å². The Bertz CT molecular complexity index is 1150. The fourth-order valence-electron chi connectivity index (χ4n) is 4.17. The highest BCUT2D eigenvalue weighted by Crippen LogP contribution is 2.28. The average molecular weight is 469 g/mol. The number of likely N-dealkylation sites (N-methyl/N-ethyl adjacent to an activating group) is 1. The first-order valence-electron chi connectivity index (χ1n) is 12.2. The van der Waals surface area contributed by atoms with E-state index in [1.165, 1.54) is 17.6 Å². The molecule has 4 rings (SSSR count). The first-order valence-corrected chi connectivity index (χ1v) is 12.2. The van der Waals surface area contributed by atoms with Crippen LogP contribution in [0.2, 0.25) is 0 Å². The molecule has 3 aromatic carbocycles.